The highest BCUT2D eigenvalue weighted by molar-refractivity contribution is 7.78. The number of amides is 1. The molecule has 6 nitrogen and oxygen atoms in total. The zero-order valence-electron chi connectivity index (χ0n) is 19.2. The van der Waals surface area contributed by atoms with Gasteiger partial charge in [-0.25, -0.2) is 9.37 Å². The molecule has 1 N–H and O–H groups in total. The van der Waals surface area contributed by atoms with E-state index in [2.05, 4.69) is 17.8 Å². The van der Waals surface area contributed by atoms with E-state index in [1.165, 1.54) is 30.3 Å². The lowest BCUT2D eigenvalue weighted by atomic mass is 9.73. The van der Waals surface area contributed by atoms with E-state index in [1.54, 1.807) is 60.7 Å². The van der Waals surface area contributed by atoms with Gasteiger partial charge in [0.15, 0.2) is 5.78 Å². The first-order valence-electron chi connectivity index (χ1n) is 11.3. The smallest absolute Gasteiger partial charge is 0.248 e. The van der Waals surface area contributed by atoms with Crippen molar-refractivity contribution < 1.29 is 23.8 Å². The number of pyridine rings is 1. The molecule has 0 saturated carbocycles. The Hall–Kier alpha value is -3.88. The van der Waals surface area contributed by atoms with Gasteiger partial charge in [0, 0.05) is 23.1 Å². The number of para-hydroxylation sites is 1. The van der Waals surface area contributed by atoms with E-state index in [4.69, 9.17) is 16.3 Å². The Labute approximate surface area is 222 Å². The maximum Gasteiger partial charge on any atom is 0.248 e. The summed E-state index contributed by atoms with van der Waals surface area (Å²) < 4.78 is 20.3. The summed E-state index contributed by atoms with van der Waals surface area (Å²) >= 11 is 10.9. The van der Waals surface area contributed by atoms with Gasteiger partial charge in [-0.2, -0.15) is 0 Å². The predicted molar refractivity (Wildman–Crippen MR) is 139 cm³/mol. The summed E-state index contributed by atoms with van der Waals surface area (Å²) in [6.07, 6.45) is -0.233. The molecule has 3 aromatic carbocycles. The number of hydrogen-bond acceptors (Lipinski definition) is 6. The summed E-state index contributed by atoms with van der Waals surface area (Å²) in [5, 5.41) is 11.1. The minimum Gasteiger partial charge on any atom is -0.508 e. The summed E-state index contributed by atoms with van der Waals surface area (Å²) in [6, 6.07) is 23.4. The van der Waals surface area contributed by atoms with E-state index in [0.29, 0.717) is 16.3 Å². The van der Waals surface area contributed by atoms with Gasteiger partial charge in [0.2, 0.25) is 11.8 Å². The van der Waals surface area contributed by atoms with Gasteiger partial charge in [-0.1, -0.05) is 66.9 Å². The van der Waals surface area contributed by atoms with Gasteiger partial charge in [-0.3, -0.25) is 13.9 Å². The number of nitrogens with zero attached hydrogens (tertiary/aromatic N) is 2. The summed E-state index contributed by atoms with van der Waals surface area (Å²) in [4.78, 5) is 32.0. The number of thiol groups is 1. The molecule has 1 fully saturated rings. The number of benzene rings is 3. The molecule has 4 aromatic rings. The van der Waals surface area contributed by atoms with Crippen molar-refractivity contribution in [2.45, 2.75) is 17.9 Å². The van der Waals surface area contributed by atoms with Crippen LogP contribution in [0.25, 0.3) is 0 Å². The largest absolute Gasteiger partial charge is 0.508 e. The number of carbonyl (C=O) groups is 2. The second kappa shape index (κ2) is 9.88. The van der Waals surface area contributed by atoms with Crippen LogP contribution < -0.4 is 4.74 Å². The minimum absolute atomic E-state index is 0.134. The molecule has 2 heterocycles. The first-order valence-corrected chi connectivity index (χ1v) is 12.1. The lowest BCUT2D eigenvalue weighted by Crippen LogP contribution is -2.54. The fourth-order valence-corrected chi connectivity index (χ4v) is 5.23. The first kappa shape index (κ1) is 24.8. The Morgan fingerprint density at radius 2 is 1.68 bits per heavy atom. The molecule has 37 heavy (non-hydrogen) atoms. The molecule has 5 rings (SSSR count). The van der Waals surface area contributed by atoms with Gasteiger partial charge < -0.3 is 9.84 Å². The van der Waals surface area contributed by atoms with Gasteiger partial charge in [-0.05, 0) is 48.0 Å². The summed E-state index contributed by atoms with van der Waals surface area (Å²) in [7, 11) is 0. The lowest BCUT2D eigenvalue weighted by Gasteiger charge is -2.45. The summed E-state index contributed by atoms with van der Waals surface area (Å²) in [6.45, 7) is 0. The minimum atomic E-state index is -1.55. The Bertz CT molecular complexity index is 1500. The zero-order valence-corrected chi connectivity index (χ0v) is 20.9. The number of phenols is 1. The third kappa shape index (κ3) is 4.43. The molecule has 1 aromatic heterocycles. The highest BCUT2D eigenvalue weighted by Gasteiger charge is 2.54. The molecule has 0 spiro atoms. The molecular weight excluding hydrogens is 515 g/mol. The quantitative estimate of drug-likeness (QED) is 0.241. The molecule has 1 aliphatic heterocycles. The van der Waals surface area contributed by atoms with Crippen molar-refractivity contribution in [3.63, 3.8) is 0 Å². The molecule has 186 valence electrons. The number of carbonyl (C=O) groups excluding carboxylic acids is 2. The predicted octanol–water partition coefficient (Wildman–Crippen LogP) is 6.05. The van der Waals surface area contributed by atoms with Crippen LogP contribution in [-0.4, -0.2) is 26.1 Å². The molecule has 0 bridgehead atoms. The average molecular weight is 535 g/mol. The third-order valence-corrected chi connectivity index (χ3v) is 7.20. The molecule has 1 saturated heterocycles. The van der Waals surface area contributed by atoms with Crippen LogP contribution in [0, 0.1) is 5.82 Å². The molecule has 0 aliphatic carbocycles. The van der Waals surface area contributed by atoms with E-state index < -0.39 is 29.0 Å². The van der Waals surface area contributed by atoms with Crippen molar-refractivity contribution in [3.8, 4) is 17.4 Å². The fourth-order valence-electron chi connectivity index (χ4n) is 4.59. The van der Waals surface area contributed by atoms with E-state index >= 15 is 0 Å². The van der Waals surface area contributed by atoms with Crippen molar-refractivity contribution in [1.29, 1.82) is 0 Å². The van der Waals surface area contributed by atoms with E-state index in [-0.39, 0.29) is 29.3 Å². The van der Waals surface area contributed by atoms with Crippen LogP contribution in [0.5, 0.6) is 17.4 Å². The number of aromatic hydroxyl groups is 1. The van der Waals surface area contributed by atoms with Gasteiger partial charge >= 0.3 is 0 Å². The van der Waals surface area contributed by atoms with Crippen LogP contribution in [0.2, 0.25) is 5.02 Å². The van der Waals surface area contributed by atoms with Crippen LogP contribution >= 0.6 is 24.4 Å². The van der Waals surface area contributed by atoms with Gasteiger partial charge in [0.25, 0.3) is 0 Å². The molecular formula is C28H20ClFN2O4S. The Morgan fingerprint density at radius 1 is 0.973 bits per heavy atom. The number of piperidine rings is 1. The molecule has 2 atom stereocenters. The highest BCUT2D eigenvalue weighted by Crippen LogP contribution is 2.49. The number of aromatic nitrogens is 1. The Kier molecular flexibility index (Phi) is 6.62. The van der Waals surface area contributed by atoms with Crippen molar-refractivity contribution in [2.75, 3.05) is 0 Å². The fraction of sp³-hybridized carbons (Fsp3) is 0.107. The molecule has 2 unspecified atom stereocenters. The van der Waals surface area contributed by atoms with Gasteiger partial charge in [-0.15, -0.1) is 0 Å². The number of ketones is 1. The number of hydrogen-bond donors (Lipinski definition) is 2. The summed E-state index contributed by atoms with van der Waals surface area (Å²) in [5.74, 6) is -2.23. The van der Waals surface area contributed by atoms with Crippen LogP contribution in [0.4, 0.5) is 4.39 Å². The van der Waals surface area contributed by atoms with Gasteiger partial charge in [0.1, 0.15) is 28.8 Å². The Balaban J connectivity index is 1.63. The number of Topliss-reactive ketones (excluding diaryl/α,β-unsaturated/α-hetero) is 1. The maximum absolute atomic E-state index is 13.8. The normalized spacial score (nSPS) is 19.6. The SMILES string of the molecule is O=C1CC(c2cccc(Oc3ccc(F)cc3)n2)(c2ccccc2O)N(S)C(=O)C1c1ccccc1Cl. The number of ether oxygens (including phenoxy) is 1. The number of phenolic OH excluding ortho intramolecular Hbond substituents is 1. The van der Waals surface area contributed by atoms with E-state index in [1.807, 2.05) is 0 Å². The molecule has 1 amide bonds. The highest BCUT2D eigenvalue weighted by atomic mass is 35.5. The van der Waals surface area contributed by atoms with Crippen LogP contribution in [0.15, 0.2) is 91.0 Å². The van der Waals surface area contributed by atoms with Crippen molar-refractivity contribution in [3.05, 3.63) is 119 Å². The van der Waals surface area contributed by atoms with Crippen LogP contribution in [-0.2, 0) is 15.1 Å². The van der Waals surface area contributed by atoms with Crippen molar-refractivity contribution in [2.24, 2.45) is 0 Å². The topological polar surface area (TPSA) is 79.7 Å². The summed E-state index contributed by atoms with van der Waals surface area (Å²) in [5.41, 5.74) is -0.646. The lowest BCUT2D eigenvalue weighted by molar-refractivity contribution is -0.142. The van der Waals surface area contributed by atoms with Crippen molar-refractivity contribution >= 4 is 36.1 Å². The number of rotatable bonds is 5. The third-order valence-electron chi connectivity index (χ3n) is 6.32. The van der Waals surface area contributed by atoms with Gasteiger partial charge in [0.05, 0.1) is 5.69 Å². The second-order valence-electron chi connectivity index (χ2n) is 8.54. The molecule has 9 heteroatoms. The standard InChI is InChI=1S/C28H20ClFN2O4S/c29-21-8-3-1-6-19(21)26-23(34)16-28(32(37)27(26)35,20-7-2-4-9-22(20)33)24-10-5-11-25(31-24)36-18-14-12-17(30)13-15-18/h1-15,26,33,37H,16H2. The van der Waals surface area contributed by atoms with E-state index in [0.717, 1.165) is 4.31 Å². The zero-order chi connectivity index (χ0) is 26.2. The maximum atomic E-state index is 13.8. The van der Waals surface area contributed by atoms with E-state index in [9.17, 15) is 19.1 Å². The number of halogens is 2. The second-order valence-corrected chi connectivity index (χ2v) is 9.35. The Morgan fingerprint density at radius 3 is 2.41 bits per heavy atom. The van der Waals surface area contributed by atoms with Crippen molar-refractivity contribution in [1.82, 2.24) is 9.29 Å². The average Bonchev–Trinajstić information content (AvgIpc) is 2.89. The molecule has 0 radical (unpaired) electrons. The van der Waals surface area contributed by atoms with Crippen LogP contribution in [0.1, 0.15) is 29.2 Å². The van der Waals surface area contributed by atoms with Crippen LogP contribution in [0.3, 0.4) is 0 Å². The first-order chi connectivity index (χ1) is 17.8. The monoisotopic (exact) mass is 534 g/mol. The molecule has 1 aliphatic rings.